The first kappa shape index (κ1) is 16.0. The molecule has 4 heteroatoms. The minimum Gasteiger partial charge on any atom is -0.464 e. The molecule has 0 saturated heterocycles. The molecule has 106 valence electrons. The van der Waals surface area contributed by atoms with Crippen LogP contribution in [0.4, 0.5) is 0 Å². The van der Waals surface area contributed by atoms with E-state index in [0.717, 1.165) is 18.4 Å². The summed E-state index contributed by atoms with van der Waals surface area (Å²) in [6, 6.07) is 5.27. The second-order valence-electron chi connectivity index (χ2n) is 4.45. The predicted octanol–water partition coefficient (Wildman–Crippen LogP) is 3.84. The fourth-order valence-corrected chi connectivity index (χ4v) is 2.47. The van der Waals surface area contributed by atoms with E-state index in [0.29, 0.717) is 16.5 Å². The Kier molecular flexibility index (Phi) is 6.32. The second-order valence-corrected chi connectivity index (χ2v) is 4.86. The molecule has 1 N–H and O–H groups in total. The number of halogens is 1. The summed E-state index contributed by atoms with van der Waals surface area (Å²) in [6.45, 7) is 6.18. The van der Waals surface area contributed by atoms with E-state index in [1.807, 2.05) is 6.07 Å². The van der Waals surface area contributed by atoms with Crippen LogP contribution in [0.1, 0.15) is 56.8 Å². The highest BCUT2D eigenvalue weighted by Gasteiger charge is 2.20. The number of carbonyl (C=O) groups is 1. The number of carbonyl (C=O) groups excluding carboxylic acids is 1. The second kappa shape index (κ2) is 7.51. The maximum atomic E-state index is 11.5. The molecule has 1 rings (SSSR count). The monoisotopic (exact) mass is 284 g/mol. The molecule has 0 aliphatic rings. The van der Waals surface area contributed by atoms with Gasteiger partial charge in [0.25, 0.3) is 0 Å². The Bertz CT molecular complexity index is 427. The van der Waals surface area contributed by atoms with Crippen LogP contribution in [-0.4, -0.2) is 17.7 Å². The quantitative estimate of drug-likeness (QED) is 0.807. The number of hydrogen-bond donors (Lipinski definition) is 1. The molecule has 0 fully saturated rings. The van der Waals surface area contributed by atoms with Gasteiger partial charge in [0.05, 0.1) is 6.61 Å². The highest BCUT2D eigenvalue weighted by molar-refractivity contribution is 6.31. The number of benzene rings is 1. The Morgan fingerprint density at radius 3 is 2.42 bits per heavy atom. The van der Waals surface area contributed by atoms with Gasteiger partial charge < -0.3 is 9.84 Å². The minimum absolute atomic E-state index is 0.245. The van der Waals surface area contributed by atoms with E-state index in [1.54, 1.807) is 19.1 Å². The van der Waals surface area contributed by atoms with E-state index in [2.05, 4.69) is 13.8 Å². The van der Waals surface area contributed by atoms with Crippen molar-refractivity contribution in [3.05, 3.63) is 34.3 Å². The van der Waals surface area contributed by atoms with Gasteiger partial charge in [-0.05, 0) is 42.9 Å². The Labute approximate surface area is 119 Å². The first-order valence-electron chi connectivity index (χ1n) is 6.69. The lowest BCUT2D eigenvalue weighted by Gasteiger charge is -2.17. The third-order valence-electron chi connectivity index (χ3n) is 3.28. The third kappa shape index (κ3) is 3.95. The molecule has 0 spiro atoms. The molecule has 1 unspecified atom stereocenters. The molecule has 0 aromatic heterocycles. The number of hydrogen-bond acceptors (Lipinski definition) is 3. The number of esters is 1. The molecule has 0 aliphatic heterocycles. The zero-order valence-corrected chi connectivity index (χ0v) is 12.4. The zero-order chi connectivity index (χ0) is 14.4. The van der Waals surface area contributed by atoms with Crippen molar-refractivity contribution in [3.63, 3.8) is 0 Å². The van der Waals surface area contributed by atoms with E-state index in [4.69, 9.17) is 16.3 Å². The molecular weight excluding hydrogens is 264 g/mol. The predicted molar refractivity (Wildman–Crippen MR) is 76.4 cm³/mol. The number of ether oxygens (including phenoxy) is 1. The Morgan fingerprint density at radius 2 is 1.95 bits per heavy atom. The van der Waals surface area contributed by atoms with Gasteiger partial charge in [-0.25, -0.2) is 4.79 Å². The molecule has 0 radical (unpaired) electrons. The largest absolute Gasteiger partial charge is 0.464 e. The molecule has 1 atom stereocenters. The molecule has 0 aliphatic carbocycles. The Morgan fingerprint density at radius 1 is 1.32 bits per heavy atom. The Balaban J connectivity index is 2.96. The lowest BCUT2D eigenvalue weighted by Crippen LogP contribution is -2.15. The molecule has 0 saturated carbocycles. The SMILES string of the molecule is CCOC(=O)C(O)c1ccc(C(CC)CC)c(Cl)c1. The van der Waals surface area contributed by atoms with Crippen molar-refractivity contribution in [2.45, 2.75) is 45.6 Å². The molecule has 19 heavy (non-hydrogen) atoms. The fraction of sp³-hybridized carbons (Fsp3) is 0.533. The van der Waals surface area contributed by atoms with E-state index >= 15 is 0 Å². The van der Waals surface area contributed by atoms with Crippen molar-refractivity contribution in [3.8, 4) is 0 Å². The summed E-state index contributed by atoms with van der Waals surface area (Å²) in [5.41, 5.74) is 1.53. The molecule has 1 aromatic carbocycles. The van der Waals surface area contributed by atoms with Crippen molar-refractivity contribution in [1.29, 1.82) is 0 Å². The zero-order valence-electron chi connectivity index (χ0n) is 11.6. The summed E-state index contributed by atoms with van der Waals surface area (Å²) in [5.74, 6) is -0.241. The number of aliphatic hydroxyl groups is 1. The van der Waals surface area contributed by atoms with Crippen LogP contribution >= 0.6 is 11.6 Å². The smallest absolute Gasteiger partial charge is 0.339 e. The summed E-state index contributed by atoms with van der Waals surface area (Å²) in [4.78, 5) is 11.5. The van der Waals surface area contributed by atoms with Crippen LogP contribution in [0.5, 0.6) is 0 Å². The van der Waals surface area contributed by atoms with E-state index in [1.165, 1.54) is 0 Å². The van der Waals surface area contributed by atoms with Crippen LogP contribution in [0.15, 0.2) is 18.2 Å². The van der Waals surface area contributed by atoms with Gasteiger partial charge in [-0.15, -0.1) is 0 Å². The van der Waals surface area contributed by atoms with Crippen LogP contribution in [-0.2, 0) is 9.53 Å². The van der Waals surface area contributed by atoms with Crippen LogP contribution in [0.2, 0.25) is 5.02 Å². The summed E-state index contributed by atoms with van der Waals surface area (Å²) in [6.07, 6.45) is 0.750. The fourth-order valence-electron chi connectivity index (χ4n) is 2.13. The van der Waals surface area contributed by atoms with Gasteiger partial charge >= 0.3 is 5.97 Å². The average Bonchev–Trinajstić information content (AvgIpc) is 2.41. The number of rotatable bonds is 6. The van der Waals surface area contributed by atoms with Gasteiger partial charge in [-0.3, -0.25) is 0 Å². The number of aliphatic hydroxyl groups excluding tert-OH is 1. The van der Waals surface area contributed by atoms with Crippen LogP contribution in [0.3, 0.4) is 0 Å². The van der Waals surface area contributed by atoms with E-state index in [9.17, 15) is 9.90 Å². The highest BCUT2D eigenvalue weighted by atomic mass is 35.5. The summed E-state index contributed by atoms with van der Waals surface area (Å²) in [7, 11) is 0. The van der Waals surface area contributed by atoms with Gasteiger partial charge in [0.2, 0.25) is 0 Å². The van der Waals surface area contributed by atoms with Gasteiger partial charge in [0.1, 0.15) is 0 Å². The van der Waals surface area contributed by atoms with Gasteiger partial charge in [-0.1, -0.05) is 37.6 Å². The summed E-state index contributed by atoms with van der Waals surface area (Å²) < 4.78 is 4.79. The lowest BCUT2D eigenvalue weighted by molar-refractivity contribution is -0.153. The summed E-state index contributed by atoms with van der Waals surface area (Å²) in [5, 5.41) is 10.4. The maximum absolute atomic E-state index is 11.5. The lowest BCUT2D eigenvalue weighted by atomic mass is 9.92. The molecule has 1 aromatic rings. The van der Waals surface area contributed by atoms with Crippen LogP contribution in [0, 0.1) is 0 Å². The molecule has 3 nitrogen and oxygen atoms in total. The van der Waals surface area contributed by atoms with Crippen LogP contribution < -0.4 is 0 Å². The van der Waals surface area contributed by atoms with Gasteiger partial charge in [0, 0.05) is 5.02 Å². The third-order valence-corrected chi connectivity index (χ3v) is 3.60. The highest BCUT2D eigenvalue weighted by Crippen LogP contribution is 2.31. The first-order valence-corrected chi connectivity index (χ1v) is 7.06. The molecule has 0 heterocycles. The summed E-state index contributed by atoms with van der Waals surface area (Å²) >= 11 is 6.24. The topological polar surface area (TPSA) is 46.5 Å². The molecule has 0 amide bonds. The van der Waals surface area contributed by atoms with Gasteiger partial charge in [-0.2, -0.15) is 0 Å². The van der Waals surface area contributed by atoms with E-state index in [-0.39, 0.29) is 6.61 Å². The van der Waals surface area contributed by atoms with Crippen molar-refractivity contribution in [1.82, 2.24) is 0 Å². The van der Waals surface area contributed by atoms with Crippen molar-refractivity contribution < 1.29 is 14.6 Å². The van der Waals surface area contributed by atoms with Crippen molar-refractivity contribution in [2.75, 3.05) is 6.61 Å². The van der Waals surface area contributed by atoms with Crippen molar-refractivity contribution in [2.24, 2.45) is 0 Å². The maximum Gasteiger partial charge on any atom is 0.339 e. The normalized spacial score (nSPS) is 12.5. The van der Waals surface area contributed by atoms with Crippen molar-refractivity contribution >= 4 is 17.6 Å². The van der Waals surface area contributed by atoms with E-state index < -0.39 is 12.1 Å². The minimum atomic E-state index is -1.27. The molecule has 0 bridgehead atoms. The first-order chi connectivity index (χ1) is 9.04. The van der Waals surface area contributed by atoms with Gasteiger partial charge in [0.15, 0.2) is 6.10 Å². The standard InChI is InChI=1S/C15H21ClO3/c1-4-10(5-2)12-8-7-11(9-13(12)16)14(17)15(18)19-6-3/h7-10,14,17H,4-6H2,1-3H3. The molecular formula is C15H21ClO3. The Hall–Kier alpha value is -1.06. The average molecular weight is 285 g/mol. The van der Waals surface area contributed by atoms with Crippen LogP contribution in [0.25, 0.3) is 0 Å².